The summed E-state index contributed by atoms with van der Waals surface area (Å²) in [6, 6.07) is 10.8. The van der Waals surface area contributed by atoms with Gasteiger partial charge in [-0.3, -0.25) is 10.1 Å². The van der Waals surface area contributed by atoms with Crippen LogP contribution in [0.4, 0.5) is 0 Å². The van der Waals surface area contributed by atoms with Gasteiger partial charge in [-0.25, -0.2) is 4.99 Å². The number of nitrogens with zero attached hydrogens (tertiary/aromatic N) is 1. The van der Waals surface area contributed by atoms with Crippen LogP contribution >= 0.6 is 0 Å². The zero-order chi connectivity index (χ0) is 14.9. The lowest BCUT2D eigenvalue weighted by molar-refractivity contribution is -0.124. The topological polar surface area (TPSA) is 89.8 Å². The van der Waals surface area contributed by atoms with E-state index in [9.17, 15) is 4.79 Å². The van der Waals surface area contributed by atoms with Crippen LogP contribution in [0, 0.1) is 0 Å². The fourth-order valence-electron chi connectivity index (χ4n) is 2.47. The van der Waals surface area contributed by atoms with E-state index in [0.717, 1.165) is 0 Å². The number of aliphatic imine (C=N–C) groups is 1. The number of amides is 1. The number of nitrogens with two attached hydrogens (primary N) is 1. The van der Waals surface area contributed by atoms with Gasteiger partial charge in [0, 0.05) is 6.42 Å². The molecule has 2 heterocycles. The molecule has 108 valence electrons. The predicted molar refractivity (Wildman–Crippen MR) is 76.8 cm³/mol. The highest BCUT2D eigenvalue weighted by atomic mass is 16.5. The van der Waals surface area contributed by atoms with Crippen molar-refractivity contribution in [1.29, 1.82) is 0 Å². The molecule has 3 N–H and O–H groups in total. The fourth-order valence-corrected chi connectivity index (χ4v) is 2.47. The second-order valence-corrected chi connectivity index (χ2v) is 4.80. The van der Waals surface area contributed by atoms with Gasteiger partial charge in [0.05, 0.1) is 13.4 Å². The van der Waals surface area contributed by atoms with Crippen LogP contribution in [0.5, 0.6) is 5.75 Å². The third-order valence-corrected chi connectivity index (χ3v) is 3.49. The van der Waals surface area contributed by atoms with Crippen molar-refractivity contribution < 1.29 is 13.9 Å². The summed E-state index contributed by atoms with van der Waals surface area (Å²) in [7, 11) is 1.57. The first-order valence-electron chi connectivity index (χ1n) is 6.48. The third-order valence-electron chi connectivity index (χ3n) is 3.49. The van der Waals surface area contributed by atoms with Gasteiger partial charge in [-0.15, -0.1) is 0 Å². The number of hydrogen-bond donors (Lipinski definition) is 2. The Morgan fingerprint density at radius 3 is 2.86 bits per heavy atom. The molecule has 3 rings (SSSR count). The number of ether oxygens (including phenoxy) is 1. The summed E-state index contributed by atoms with van der Waals surface area (Å²) in [5, 5.41) is 2.56. The molecule has 2 aromatic rings. The first-order chi connectivity index (χ1) is 10.1. The number of hydrogen-bond acceptors (Lipinski definition) is 5. The molecule has 0 bridgehead atoms. The molecule has 0 saturated heterocycles. The van der Waals surface area contributed by atoms with Crippen LogP contribution in [0.25, 0.3) is 0 Å². The van der Waals surface area contributed by atoms with Gasteiger partial charge in [0.2, 0.25) is 0 Å². The highest BCUT2D eigenvalue weighted by Crippen LogP contribution is 2.35. The summed E-state index contributed by atoms with van der Waals surface area (Å²) in [6.07, 6.45) is 1.86. The predicted octanol–water partition coefficient (Wildman–Crippen LogP) is 1.17. The van der Waals surface area contributed by atoms with E-state index in [1.165, 1.54) is 0 Å². The summed E-state index contributed by atoms with van der Waals surface area (Å²) in [6.45, 7) is 0. The molecule has 0 aliphatic carbocycles. The maximum Gasteiger partial charge on any atom is 0.259 e. The van der Waals surface area contributed by atoms with Gasteiger partial charge in [-0.05, 0) is 29.8 Å². The van der Waals surface area contributed by atoms with E-state index in [2.05, 4.69) is 10.3 Å². The Hall–Kier alpha value is -2.76. The van der Waals surface area contributed by atoms with Crippen LogP contribution < -0.4 is 15.8 Å². The molecule has 1 aliphatic heterocycles. The smallest absolute Gasteiger partial charge is 0.259 e. The zero-order valence-corrected chi connectivity index (χ0v) is 11.5. The first kappa shape index (κ1) is 13.2. The molecule has 0 fully saturated rings. The number of carbonyl (C=O) groups excluding carboxylic acids is 1. The number of benzene rings is 1. The standard InChI is InChI=1S/C15H15N3O3/c1-20-11-5-2-4-10(8-11)15(9-12-6-3-7-21-12)13(19)17-14(16)18-15/h2-8H,9H2,1H3,(H3,16,17,18,19)/t15-/m1/s1. The zero-order valence-electron chi connectivity index (χ0n) is 11.5. The van der Waals surface area contributed by atoms with E-state index < -0.39 is 5.54 Å². The Labute approximate surface area is 121 Å². The second-order valence-electron chi connectivity index (χ2n) is 4.80. The van der Waals surface area contributed by atoms with Crippen LogP contribution in [-0.4, -0.2) is 19.0 Å². The van der Waals surface area contributed by atoms with Crippen molar-refractivity contribution in [3.63, 3.8) is 0 Å². The van der Waals surface area contributed by atoms with Crippen LogP contribution in [-0.2, 0) is 16.8 Å². The Bertz CT molecular complexity index is 694. The van der Waals surface area contributed by atoms with E-state index >= 15 is 0 Å². The molecular formula is C15H15N3O3. The summed E-state index contributed by atoms with van der Waals surface area (Å²) >= 11 is 0. The summed E-state index contributed by atoms with van der Waals surface area (Å²) < 4.78 is 10.6. The lowest BCUT2D eigenvalue weighted by Gasteiger charge is -2.23. The fraction of sp³-hybridized carbons (Fsp3) is 0.200. The highest BCUT2D eigenvalue weighted by Gasteiger charge is 2.45. The Morgan fingerprint density at radius 1 is 1.38 bits per heavy atom. The normalized spacial score (nSPS) is 21.0. The minimum absolute atomic E-state index is 0.106. The van der Waals surface area contributed by atoms with E-state index in [4.69, 9.17) is 14.9 Å². The summed E-state index contributed by atoms with van der Waals surface area (Å²) in [4.78, 5) is 16.8. The summed E-state index contributed by atoms with van der Waals surface area (Å²) in [5.74, 6) is 1.14. The van der Waals surface area contributed by atoms with Crippen LogP contribution in [0.1, 0.15) is 11.3 Å². The molecule has 1 atom stereocenters. The van der Waals surface area contributed by atoms with Crippen molar-refractivity contribution in [2.24, 2.45) is 10.7 Å². The first-order valence-corrected chi connectivity index (χ1v) is 6.48. The molecular weight excluding hydrogens is 270 g/mol. The maximum absolute atomic E-state index is 12.4. The monoisotopic (exact) mass is 285 g/mol. The van der Waals surface area contributed by atoms with Gasteiger partial charge >= 0.3 is 0 Å². The van der Waals surface area contributed by atoms with Gasteiger partial charge < -0.3 is 14.9 Å². The molecule has 1 aliphatic rings. The molecule has 0 spiro atoms. The van der Waals surface area contributed by atoms with E-state index in [-0.39, 0.29) is 11.9 Å². The molecule has 6 nitrogen and oxygen atoms in total. The summed E-state index contributed by atoms with van der Waals surface area (Å²) in [5.41, 5.74) is 5.27. The lowest BCUT2D eigenvalue weighted by atomic mass is 9.86. The van der Waals surface area contributed by atoms with Crippen molar-refractivity contribution >= 4 is 11.9 Å². The van der Waals surface area contributed by atoms with Crippen molar-refractivity contribution in [3.8, 4) is 5.75 Å². The van der Waals surface area contributed by atoms with Crippen molar-refractivity contribution in [2.45, 2.75) is 12.0 Å². The highest BCUT2D eigenvalue weighted by molar-refractivity contribution is 6.07. The number of carbonyl (C=O) groups is 1. The van der Waals surface area contributed by atoms with E-state index in [1.54, 1.807) is 31.6 Å². The van der Waals surface area contributed by atoms with Crippen molar-refractivity contribution in [2.75, 3.05) is 7.11 Å². The Morgan fingerprint density at radius 2 is 2.24 bits per heavy atom. The minimum Gasteiger partial charge on any atom is -0.497 e. The Kier molecular flexibility index (Phi) is 3.13. The number of methoxy groups -OCH3 is 1. The number of guanidine groups is 1. The van der Waals surface area contributed by atoms with Crippen LogP contribution in [0.2, 0.25) is 0 Å². The lowest BCUT2D eigenvalue weighted by Crippen LogP contribution is -2.40. The van der Waals surface area contributed by atoms with Gasteiger partial charge in [-0.1, -0.05) is 12.1 Å². The number of rotatable bonds is 4. The van der Waals surface area contributed by atoms with Crippen LogP contribution in [0.3, 0.4) is 0 Å². The quantitative estimate of drug-likeness (QED) is 0.882. The van der Waals surface area contributed by atoms with Gasteiger partial charge in [-0.2, -0.15) is 0 Å². The molecule has 1 aromatic heterocycles. The van der Waals surface area contributed by atoms with Gasteiger partial charge in [0.15, 0.2) is 11.5 Å². The average molecular weight is 285 g/mol. The molecule has 21 heavy (non-hydrogen) atoms. The molecule has 1 aromatic carbocycles. The number of furan rings is 1. The second kappa shape index (κ2) is 4.97. The van der Waals surface area contributed by atoms with Crippen molar-refractivity contribution in [1.82, 2.24) is 5.32 Å². The maximum atomic E-state index is 12.4. The molecule has 1 amide bonds. The molecule has 0 unspecified atom stereocenters. The largest absolute Gasteiger partial charge is 0.497 e. The van der Waals surface area contributed by atoms with E-state index in [0.29, 0.717) is 23.5 Å². The van der Waals surface area contributed by atoms with Crippen LogP contribution in [0.15, 0.2) is 52.1 Å². The molecule has 0 saturated carbocycles. The minimum atomic E-state index is -1.13. The van der Waals surface area contributed by atoms with E-state index in [1.807, 2.05) is 18.2 Å². The van der Waals surface area contributed by atoms with Gasteiger partial charge in [0.1, 0.15) is 11.5 Å². The average Bonchev–Trinajstić information content (AvgIpc) is 3.08. The third kappa shape index (κ3) is 2.24. The van der Waals surface area contributed by atoms with Gasteiger partial charge in [0.25, 0.3) is 5.91 Å². The Balaban J connectivity index is 2.10. The SMILES string of the molecule is COc1cccc([C@@]2(Cc3ccco3)N=C(N)NC2=O)c1. The molecule has 0 radical (unpaired) electrons. The molecule has 6 heteroatoms. The number of nitrogens with one attached hydrogen (secondary N) is 1. The van der Waals surface area contributed by atoms with Crippen molar-refractivity contribution in [3.05, 3.63) is 54.0 Å².